The summed E-state index contributed by atoms with van der Waals surface area (Å²) in [6.45, 7) is 0. The molecule has 0 saturated heterocycles. The lowest BCUT2D eigenvalue weighted by atomic mass is 9.96. The smallest absolute Gasteiger partial charge is 0.238 e. The van der Waals surface area contributed by atoms with E-state index in [4.69, 9.17) is 19.7 Å². The van der Waals surface area contributed by atoms with E-state index in [0.717, 1.165) is 85.5 Å². The number of fused-ring (bicyclic) bond motifs is 7. The van der Waals surface area contributed by atoms with Crippen molar-refractivity contribution in [1.82, 2.24) is 19.5 Å². The Balaban J connectivity index is 1.17. The lowest BCUT2D eigenvalue weighted by Gasteiger charge is -2.33. The summed E-state index contributed by atoms with van der Waals surface area (Å²) in [5, 5.41) is 4.63. The zero-order valence-corrected chi connectivity index (χ0v) is 29.8. The van der Waals surface area contributed by atoms with Gasteiger partial charge in [-0.15, -0.1) is 0 Å². The Morgan fingerprint density at radius 1 is 0.527 bits per heavy atom. The van der Waals surface area contributed by atoms with E-state index in [2.05, 4.69) is 149 Å². The summed E-state index contributed by atoms with van der Waals surface area (Å²) in [6, 6.07) is 55.0. The number of allylic oxidation sites excluding steroid dienone is 4. The third-order valence-electron chi connectivity index (χ3n) is 10.6. The van der Waals surface area contributed by atoms with Gasteiger partial charge < -0.3 is 9.64 Å². The Kier molecular flexibility index (Phi) is 7.20. The van der Waals surface area contributed by atoms with E-state index in [-0.39, 0.29) is 0 Å². The highest BCUT2D eigenvalue weighted by Crippen LogP contribution is 2.52. The van der Waals surface area contributed by atoms with Crippen molar-refractivity contribution in [3.63, 3.8) is 0 Å². The van der Waals surface area contributed by atoms with E-state index in [1.54, 1.807) is 0 Å². The second-order valence-corrected chi connectivity index (χ2v) is 13.9. The lowest BCUT2D eigenvalue weighted by Crippen LogP contribution is -2.15. The van der Waals surface area contributed by atoms with Crippen LogP contribution in [0.3, 0.4) is 0 Å². The first kappa shape index (κ1) is 31.2. The van der Waals surface area contributed by atoms with Crippen molar-refractivity contribution in [2.24, 2.45) is 0 Å². The molecule has 2 aromatic heterocycles. The summed E-state index contributed by atoms with van der Waals surface area (Å²) in [7, 11) is 0. The van der Waals surface area contributed by atoms with E-state index in [0.29, 0.717) is 17.6 Å². The van der Waals surface area contributed by atoms with Gasteiger partial charge >= 0.3 is 0 Å². The molecular weight excluding hydrogens is 675 g/mol. The van der Waals surface area contributed by atoms with Crippen molar-refractivity contribution in [3.05, 3.63) is 182 Å². The van der Waals surface area contributed by atoms with Gasteiger partial charge in [0.1, 0.15) is 0 Å². The minimum Gasteiger partial charge on any atom is -0.453 e. The molecular formula is C49H33N5O. The second kappa shape index (κ2) is 12.7. The molecule has 0 amide bonds. The lowest BCUT2D eigenvalue weighted by molar-refractivity contribution is 0.477. The fourth-order valence-corrected chi connectivity index (χ4v) is 8.15. The molecule has 6 nitrogen and oxygen atoms in total. The molecule has 3 heterocycles. The van der Waals surface area contributed by atoms with E-state index in [1.165, 1.54) is 10.8 Å². The van der Waals surface area contributed by atoms with Gasteiger partial charge in [-0.3, -0.25) is 4.57 Å². The molecule has 6 heteroatoms. The predicted molar refractivity (Wildman–Crippen MR) is 224 cm³/mol. The molecule has 7 aromatic carbocycles. The normalized spacial score (nSPS) is 13.5. The first-order valence-corrected chi connectivity index (χ1v) is 18.7. The Hall–Kier alpha value is -7.31. The predicted octanol–water partition coefficient (Wildman–Crippen LogP) is 12.8. The molecule has 0 saturated carbocycles. The van der Waals surface area contributed by atoms with E-state index >= 15 is 0 Å². The van der Waals surface area contributed by atoms with Crippen molar-refractivity contribution in [2.75, 3.05) is 4.90 Å². The molecule has 11 rings (SSSR count). The molecule has 9 aromatic rings. The quantitative estimate of drug-likeness (QED) is 0.178. The first-order valence-electron chi connectivity index (χ1n) is 18.7. The number of benzene rings is 7. The van der Waals surface area contributed by atoms with Gasteiger partial charge in [-0.2, -0.15) is 9.97 Å². The highest BCUT2D eigenvalue weighted by molar-refractivity contribution is 6.25. The van der Waals surface area contributed by atoms with Crippen molar-refractivity contribution in [3.8, 4) is 40.0 Å². The van der Waals surface area contributed by atoms with Crippen LogP contribution in [0.5, 0.6) is 11.5 Å². The Labute approximate surface area is 318 Å². The molecule has 1 aliphatic carbocycles. The van der Waals surface area contributed by atoms with Crippen molar-refractivity contribution in [2.45, 2.75) is 12.8 Å². The molecule has 0 spiro atoms. The van der Waals surface area contributed by atoms with E-state index in [1.807, 2.05) is 36.4 Å². The maximum absolute atomic E-state index is 6.68. The summed E-state index contributed by atoms with van der Waals surface area (Å²) in [4.78, 5) is 17.7. The van der Waals surface area contributed by atoms with Gasteiger partial charge in [0.05, 0.1) is 22.4 Å². The highest BCUT2D eigenvalue weighted by Gasteiger charge is 2.27. The van der Waals surface area contributed by atoms with Crippen LogP contribution >= 0.6 is 0 Å². The zero-order valence-electron chi connectivity index (χ0n) is 29.8. The van der Waals surface area contributed by atoms with Crippen LogP contribution in [-0.2, 0) is 0 Å². The summed E-state index contributed by atoms with van der Waals surface area (Å²) in [5.41, 5.74) is 9.25. The number of hydrogen-bond donors (Lipinski definition) is 0. The number of ether oxygens (including phenoxy) is 1. The third kappa shape index (κ3) is 5.14. The largest absolute Gasteiger partial charge is 0.453 e. The van der Waals surface area contributed by atoms with Crippen LogP contribution < -0.4 is 9.64 Å². The summed E-state index contributed by atoms with van der Waals surface area (Å²) in [5.74, 6) is 3.51. The fraction of sp³-hybridized carbons (Fsp3) is 0.0408. The third-order valence-corrected chi connectivity index (χ3v) is 10.6. The van der Waals surface area contributed by atoms with Crippen molar-refractivity contribution < 1.29 is 4.74 Å². The topological polar surface area (TPSA) is 56.1 Å². The SMILES string of the molecule is C1=CC(c2nc(-c3ccccc3)nc(-n3c4cccc(-c5ccc6c(c5)Oc5ccccc5N6c5ccccc5)c4c4c5ccccc5ccc43)n2)=CCC1. The molecule has 0 N–H and O–H groups in total. The van der Waals surface area contributed by atoms with Gasteiger partial charge in [0.15, 0.2) is 23.1 Å². The van der Waals surface area contributed by atoms with Crippen molar-refractivity contribution in [1.29, 1.82) is 0 Å². The highest BCUT2D eigenvalue weighted by atomic mass is 16.5. The van der Waals surface area contributed by atoms with Gasteiger partial charge in [0.2, 0.25) is 5.95 Å². The van der Waals surface area contributed by atoms with Gasteiger partial charge in [-0.05, 0) is 83.3 Å². The summed E-state index contributed by atoms with van der Waals surface area (Å²) < 4.78 is 8.89. The standard InChI is InChI=1S/C49H33N5O/c1-4-16-33(17-5-1)47-50-48(34-18-6-2-7-19-34)52-49(51-47)54-41-25-14-23-38(46(41)45-37-22-11-10-15-32(37)27-30-42(45)54)35-28-29-40-44(31-35)55-43-26-13-12-24-39(43)53(40)36-20-8-3-9-21-36/h1,3-6,8-31H,2,7H2. The minimum absolute atomic E-state index is 0.583. The Morgan fingerprint density at radius 3 is 2.16 bits per heavy atom. The summed E-state index contributed by atoms with van der Waals surface area (Å²) >= 11 is 0. The van der Waals surface area contributed by atoms with Crippen LogP contribution in [0.1, 0.15) is 18.7 Å². The second-order valence-electron chi connectivity index (χ2n) is 13.9. The number of nitrogens with zero attached hydrogens (tertiary/aromatic N) is 5. The molecule has 0 atom stereocenters. The van der Waals surface area contributed by atoms with Crippen LogP contribution in [0.2, 0.25) is 0 Å². The maximum Gasteiger partial charge on any atom is 0.238 e. The number of anilines is 3. The monoisotopic (exact) mass is 707 g/mol. The van der Waals surface area contributed by atoms with Gasteiger partial charge in [0.25, 0.3) is 0 Å². The zero-order chi connectivity index (χ0) is 36.3. The van der Waals surface area contributed by atoms with E-state index in [9.17, 15) is 0 Å². The van der Waals surface area contributed by atoms with Crippen LogP contribution in [0.25, 0.3) is 66.6 Å². The van der Waals surface area contributed by atoms with Gasteiger partial charge in [-0.1, -0.05) is 127 Å². The number of rotatable bonds is 5. The van der Waals surface area contributed by atoms with Crippen LogP contribution in [0, 0.1) is 0 Å². The van der Waals surface area contributed by atoms with Gasteiger partial charge in [0, 0.05) is 27.6 Å². The number of hydrogen-bond acceptors (Lipinski definition) is 5. The first-order chi connectivity index (χ1) is 27.3. The van der Waals surface area contributed by atoms with Gasteiger partial charge in [-0.25, -0.2) is 4.98 Å². The minimum atomic E-state index is 0.583. The average molecular weight is 708 g/mol. The van der Waals surface area contributed by atoms with Crippen LogP contribution in [-0.4, -0.2) is 19.5 Å². The molecule has 0 fully saturated rings. The Bertz CT molecular complexity index is 3020. The maximum atomic E-state index is 6.68. The fourth-order valence-electron chi connectivity index (χ4n) is 8.15. The number of para-hydroxylation sites is 3. The summed E-state index contributed by atoms with van der Waals surface area (Å²) in [6.07, 6.45) is 8.52. The average Bonchev–Trinajstić information content (AvgIpc) is 3.61. The molecule has 0 bridgehead atoms. The van der Waals surface area contributed by atoms with Crippen LogP contribution in [0.15, 0.2) is 176 Å². The number of aromatic nitrogens is 4. The van der Waals surface area contributed by atoms with E-state index < -0.39 is 0 Å². The molecule has 0 unspecified atom stereocenters. The molecule has 55 heavy (non-hydrogen) atoms. The molecule has 1 aliphatic heterocycles. The van der Waals surface area contributed by atoms with Crippen LogP contribution in [0.4, 0.5) is 17.1 Å². The van der Waals surface area contributed by atoms with Crippen molar-refractivity contribution >= 4 is 55.2 Å². The Morgan fingerprint density at radius 2 is 1.29 bits per heavy atom. The molecule has 260 valence electrons. The molecule has 0 radical (unpaired) electrons. The molecule has 2 aliphatic rings.